The Morgan fingerprint density at radius 2 is 2.00 bits per heavy atom. The molecular weight excluding hydrogens is 228 g/mol. The van der Waals surface area contributed by atoms with Gasteiger partial charge in [-0.25, -0.2) is 0 Å². The summed E-state index contributed by atoms with van der Waals surface area (Å²) in [7, 11) is 0. The molecule has 0 heterocycles. The number of hydrogen-bond acceptors (Lipinski definition) is 3. The highest BCUT2D eigenvalue weighted by molar-refractivity contribution is 8.00. The first-order chi connectivity index (χ1) is 8.03. The van der Waals surface area contributed by atoms with Crippen LogP contribution in [0.5, 0.6) is 0 Å². The van der Waals surface area contributed by atoms with Crippen molar-refractivity contribution in [3.8, 4) is 0 Å². The van der Waals surface area contributed by atoms with Crippen LogP contribution in [-0.4, -0.2) is 16.5 Å². The van der Waals surface area contributed by atoms with Crippen molar-refractivity contribution in [2.75, 3.05) is 5.75 Å². The fourth-order valence-corrected chi connectivity index (χ4v) is 3.11. The molecule has 0 aliphatic heterocycles. The molecule has 100 valence electrons. The van der Waals surface area contributed by atoms with Gasteiger partial charge in [-0.05, 0) is 25.7 Å². The van der Waals surface area contributed by atoms with Gasteiger partial charge in [-0.3, -0.25) is 11.3 Å². The Kier molecular flexibility index (Phi) is 6.60. The number of thioether (sulfide) groups is 1. The number of hydrazine groups is 1. The van der Waals surface area contributed by atoms with Crippen LogP contribution in [0.3, 0.4) is 0 Å². The van der Waals surface area contributed by atoms with Crippen LogP contribution in [0.15, 0.2) is 11.6 Å². The molecule has 0 amide bonds. The number of hydrogen-bond donors (Lipinski definition) is 2. The summed E-state index contributed by atoms with van der Waals surface area (Å²) in [6, 6.07) is 0.359. The van der Waals surface area contributed by atoms with Gasteiger partial charge in [0.2, 0.25) is 0 Å². The average Bonchev–Trinajstić information content (AvgIpc) is 2.19. The van der Waals surface area contributed by atoms with Gasteiger partial charge in [0.1, 0.15) is 0 Å². The second-order valence-corrected chi connectivity index (χ2v) is 7.72. The zero-order valence-electron chi connectivity index (χ0n) is 11.6. The highest BCUT2D eigenvalue weighted by Gasteiger charge is 2.18. The highest BCUT2D eigenvalue weighted by atomic mass is 32.2. The molecule has 0 saturated heterocycles. The van der Waals surface area contributed by atoms with Gasteiger partial charge in [-0.2, -0.15) is 11.8 Å². The van der Waals surface area contributed by atoms with E-state index in [1.54, 1.807) is 0 Å². The van der Waals surface area contributed by atoms with E-state index in [9.17, 15) is 0 Å². The smallest absolute Gasteiger partial charge is 0.0510 e. The first-order valence-electron chi connectivity index (χ1n) is 6.82. The molecule has 0 spiro atoms. The molecule has 2 nitrogen and oxygen atoms in total. The Balaban J connectivity index is 2.52. The number of allylic oxidation sites excluding steroid dienone is 1. The van der Waals surface area contributed by atoms with Gasteiger partial charge >= 0.3 is 0 Å². The van der Waals surface area contributed by atoms with Gasteiger partial charge in [-0.1, -0.05) is 45.3 Å². The molecule has 3 heteroatoms. The summed E-state index contributed by atoms with van der Waals surface area (Å²) in [6.07, 6.45) is 10.3. The molecule has 0 fully saturated rings. The molecule has 1 rings (SSSR count). The third-order valence-corrected chi connectivity index (χ3v) is 4.52. The van der Waals surface area contributed by atoms with Crippen LogP contribution >= 0.6 is 11.8 Å². The summed E-state index contributed by atoms with van der Waals surface area (Å²) in [6.45, 7) is 6.78. The zero-order valence-corrected chi connectivity index (χ0v) is 12.4. The normalized spacial score (nSPS) is 20.4. The van der Waals surface area contributed by atoms with E-state index in [1.165, 1.54) is 44.1 Å². The molecule has 1 aliphatic rings. The molecule has 17 heavy (non-hydrogen) atoms. The minimum Gasteiger partial charge on any atom is -0.271 e. The second-order valence-electron chi connectivity index (χ2n) is 5.87. The monoisotopic (exact) mass is 256 g/mol. The van der Waals surface area contributed by atoms with Crippen molar-refractivity contribution >= 4 is 11.8 Å². The van der Waals surface area contributed by atoms with Crippen molar-refractivity contribution in [2.45, 2.75) is 70.1 Å². The molecule has 0 bridgehead atoms. The summed E-state index contributed by atoms with van der Waals surface area (Å²) in [4.78, 5) is 0. The standard InChI is InChI=1S/C14H28N2S/c1-14(2,3)17-11-13(16-15)12-9-7-5-4-6-8-10-12/h9,13,16H,4-8,10-11,15H2,1-3H3. The number of nitrogens with one attached hydrogen (secondary N) is 1. The lowest BCUT2D eigenvalue weighted by Crippen LogP contribution is -2.39. The van der Waals surface area contributed by atoms with Crippen LogP contribution in [-0.2, 0) is 0 Å². The van der Waals surface area contributed by atoms with Crippen LogP contribution < -0.4 is 11.3 Å². The van der Waals surface area contributed by atoms with Crippen molar-refractivity contribution in [1.82, 2.24) is 5.43 Å². The SMILES string of the molecule is CC(C)(C)SCC(NN)C1=CCCCCCC1. The molecule has 1 aliphatic carbocycles. The van der Waals surface area contributed by atoms with Gasteiger partial charge in [0.05, 0.1) is 6.04 Å². The Bertz CT molecular complexity index is 243. The predicted molar refractivity (Wildman–Crippen MR) is 79.1 cm³/mol. The van der Waals surface area contributed by atoms with Crippen LogP contribution in [0.2, 0.25) is 0 Å². The summed E-state index contributed by atoms with van der Waals surface area (Å²) in [5, 5.41) is 0. The maximum absolute atomic E-state index is 5.72. The topological polar surface area (TPSA) is 38.0 Å². The fraction of sp³-hybridized carbons (Fsp3) is 0.857. The lowest BCUT2D eigenvalue weighted by molar-refractivity contribution is 0.566. The van der Waals surface area contributed by atoms with Gasteiger partial charge < -0.3 is 0 Å². The molecular formula is C14H28N2S. The van der Waals surface area contributed by atoms with Gasteiger partial charge in [0.25, 0.3) is 0 Å². The van der Waals surface area contributed by atoms with Gasteiger partial charge in [0, 0.05) is 10.5 Å². The average molecular weight is 256 g/mol. The first kappa shape index (κ1) is 15.1. The predicted octanol–water partition coefficient (Wildman–Crippen LogP) is 3.63. The van der Waals surface area contributed by atoms with E-state index in [-0.39, 0.29) is 0 Å². The van der Waals surface area contributed by atoms with Crippen molar-refractivity contribution in [3.63, 3.8) is 0 Å². The second kappa shape index (κ2) is 7.45. The fourth-order valence-electron chi connectivity index (χ4n) is 2.13. The van der Waals surface area contributed by atoms with Gasteiger partial charge in [-0.15, -0.1) is 0 Å². The molecule has 0 radical (unpaired) electrons. The Labute approximate surface area is 111 Å². The summed E-state index contributed by atoms with van der Waals surface area (Å²) in [5.74, 6) is 6.79. The number of nitrogens with two attached hydrogens (primary N) is 1. The summed E-state index contributed by atoms with van der Waals surface area (Å²) >= 11 is 1.99. The Morgan fingerprint density at radius 1 is 1.29 bits per heavy atom. The van der Waals surface area contributed by atoms with E-state index in [0.717, 1.165) is 5.75 Å². The maximum atomic E-state index is 5.72. The minimum absolute atomic E-state index is 0.317. The summed E-state index contributed by atoms with van der Waals surface area (Å²) < 4.78 is 0.317. The van der Waals surface area contributed by atoms with Crippen molar-refractivity contribution in [1.29, 1.82) is 0 Å². The maximum Gasteiger partial charge on any atom is 0.0510 e. The van der Waals surface area contributed by atoms with E-state index in [2.05, 4.69) is 32.3 Å². The van der Waals surface area contributed by atoms with E-state index >= 15 is 0 Å². The highest BCUT2D eigenvalue weighted by Crippen LogP contribution is 2.27. The molecule has 1 unspecified atom stereocenters. The molecule has 0 aromatic carbocycles. The Hall–Kier alpha value is 0.0100. The largest absolute Gasteiger partial charge is 0.271 e. The Morgan fingerprint density at radius 3 is 2.65 bits per heavy atom. The minimum atomic E-state index is 0.317. The van der Waals surface area contributed by atoms with Crippen LogP contribution in [0.4, 0.5) is 0 Å². The van der Waals surface area contributed by atoms with Crippen LogP contribution in [0, 0.1) is 0 Å². The van der Waals surface area contributed by atoms with Crippen molar-refractivity contribution < 1.29 is 0 Å². The quantitative estimate of drug-likeness (QED) is 0.458. The molecule has 3 N–H and O–H groups in total. The van der Waals surface area contributed by atoms with Crippen molar-refractivity contribution in [2.24, 2.45) is 5.84 Å². The first-order valence-corrected chi connectivity index (χ1v) is 7.80. The lowest BCUT2D eigenvalue weighted by atomic mass is 9.96. The third kappa shape index (κ3) is 6.49. The van der Waals surface area contributed by atoms with Gasteiger partial charge in [0.15, 0.2) is 0 Å². The van der Waals surface area contributed by atoms with E-state index < -0.39 is 0 Å². The van der Waals surface area contributed by atoms with E-state index in [1.807, 2.05) is 11.8 Å². The third-order valence-electron chi connectivity index (χ3n) is 3.16. The number of rotatable bonds is 4. The summed E-state index contributed by atoms with van der Waals surface area (Å²) in [5.41, 5.74) is 4.53. The molecule has 0 aromatic rings. The van der Waals surface area contributed by atoms with Crippen molar-refractivity contribution in [3.05, 3.63) is 11.6 Å². The van der Waals surface area contributed by atoms with E-state index in [4.69, 9.17) is 5.84 Å². The molecule has 0 saturated carbocycles. The lowest BCUT2D eigenvalue weighted by Gasteiger charge is -2.25. The molecule has 1 atom stereocenters. The van der Waals surface area contributed by atoms with Crippen LogP contribution in [0.1, 0.15) is 59.3 Å². The van der Waals surface area contributed by atoms with E-state index in [0.29, 0.717) is 10.8 Å². The zero-order chi connectivity index (χ0) is 12.7. The molecule has 0 aromatic heterocycles. The van der Waals surface area contributed by atoms with Crippen LogP contribution in [0.25, 0.3) is 0 Å².